The minimum Gasteiger partial charge on any atom is -0.497 e. The van der Waals surface area contributed by atoms with Crippen molar-refractivity contribution in [2.24, 2.45) is 5.73 Å². The van der Waals surface area contributed by atoms with Crippen molar-refractivity contribution >= 4 is 11.6 Å². The summed E-state index contributed by atoms with van der Waals surface area (Å²) < 4.78 is 5.20. The Morgan fingerprint density at radius 2 is 2.13 bits per heavy atom. The minimum absolute atomic E-state index is 0.419. The van der Waals surface area contributed by atoms with Crippen LogP contribution in [0.1, 0.15) is 30.4 Å². The third-order valence-electron chi connectivity index (χ3n) is 2.72. The Kier molecular flexibility index (Phi) is 4.43. The van der Waals surface area contributed by atoms with Crippen molar-refractivity contribution in [2.45, 2.75) is 26.2 Å². The second-order valence-corrected chi connectivity index (χ2v) is 4.21. The summed E-state index contributed by atoms with van der Waals surface area (Å²) in [5.41, 5.74) is 7.91. The van der Waals surface area contributed by atoms with Gasteiger partial charge in [0.2, 0.25) is 0 Å². The van der Waals surface area contributed by atoms with E-state index in [1.807, 2.05) is 19.1 Å². The second kappa shape index (κ2) is 5.38. The van der Waals surface area contributed by atoms with Gasteiger partial charge in [0.1, 0.15) is 5.75 Å². The Balaban J connectivity index is 3.09. The van der Waals surface area contributed by atoms with Crippen molar-refractivity contribution in [3.63, 3.8) is 0 Å². The van der Waals surface area contributed by atoms with Gasteiger partial charge >= 0.3 is 0 Å². The fourth-order valence-electron chi connectivity index (χ4n) is 1.71. The van der Waals surface area contributed by atoms with Crippen LogP contribution in [0.2, 0.25) is 5.02 Å². The molecule has 0 aliphatic carbocycles. The van der Waals surface area contributed by atoms with E-state index in [4.69, 9.17) is 22.1 Å². The Morgan fingerprint density at radius 1 is 1.47 bits per heavy atom. The van der Waals surface area contributed by atoms with Crippen molar-refractivity contribution < 1.29 is 4.74 Å². The SMILES string of the molecule is COc1cc(Cl)c(C)c(C(C)CCN)c1. The first-order valence-electron chi connectivity index (χ1n) is 5.14. The second-order valence-electron chi connectivity index (χ2n) is 3.80. The molecule has 1 aromatic rings. The fourth-order valence-corrected chi connectivity index (χ4v) is 1.93. The van der Waals surface area contributed by atoms with Crippen molar-refractivity contribution in [3.05, 3.63) is 28.3 Å². The topological polar surface area (TPSA) is 35.2 Å². The van der Waals surface area contributed by atoms with Gasteiger partial charge in [0.15, 0.2) is 0 Å². The van der Waals surface area contributed by atoms with E-state index in [0.29, 0.717) is 12.5 Å². The number of hydrogen-bond donors (Lipinski definition) is 1. The molecule has 0 amide bonds. The molecule has 15 heavy (non-hydrogen) atoms. The van der Waals surface area contributed by atoms with Crippen LogP contribution in [-0.4, -0.2) is 13.7 Å². The van der Waals surface area contributed by atoms with E-state index < -0.39 is 0 Å². The van der Waals surface area contributed by atoms with E-state index in [9.17, 15) is 0 Å². The molecule has 0 heterocycles. The van der Waals surface area contributed by atoms with E-state index in [1.54, 1.807) is 7.11 Å². The summed E-state index contributed by atoms with van der Waals surface area (Å²) >= 11 is 6.13. The Hall–Kier alpha value is -0.730. The maximum Gasteiger partial charge on any atom is 0.120 e. The number of benzene rings is 1. The lowest BCUT2D eigenvalue weighted by atomic mass is 9.93. The molecule has 3 heteroatoms. The summed E-state index contributed by atoms with van der Waals surface area (Å²) in [5, 5.41) is 0.758. The molecule has 1 rings (SSSR count). The van der Waals surface area contributed by atoms with Crippen molar-refractivity contribution in [2.75, 3.05) is 13.7 Å². The molecule has 0 saturated carbocycles. The van der Waals surface area contributed by atoms with Crippen molar-refractivity contribution in [3.8, 4) is 5.75 Å². The number of methoxy groups -OCH3 is 1. The molecule has 0 spiro atoms. The molecule has 1 atom stereocenters. The monoisotopic (exact) mass is 227 g/mol. The average Bonchev–Trinajstić information content (AvgIpc) is 2.22. The third kappa shape index (κ3) is 2.86. The largest absolute Gasteiger partial charge is 0.497 e. The van der Waals surface area contributed by atoms with Crippen LogP contribution in [-0.2, 0) is 0 Å². The van der Waals surface area contributed by atoms with Gasteiger partial charge in [0.25, 0.3) is 0 Å². The molecule has 0 saturated heterocycles. The van der Waals surface area contributed by atoms with Gasteiger partial charge in [-0.2, -0.15) is 0 Å². The van der Waals surface area contributed by atoms with Gasteiger partial charge in [-0.1, -0.05) is 18.5 Å². The highest BCUT2D eigenvalue weighted by Crippen LogP contribution is 2.31. The molecule has 0 aliphatic heterocycles. The predicted octanol–water partition coefficient (Wildman–Crippen LogP) is 3.11. The summed E-state index contributed by atoms with van der Waals surface area (Å²) in [6.07, 6.45) is 0.963. The highest BCUT2D eigenvalue weighted by atomic mass is 35.5. The molecule has 2 N–H and O–H groups in total. The maximum atomic E-state index is 6.13. The summed E-state index contributed by atoms with van der Waals surface area (Å²) in [4.78, 5) is 0. The van der Waals surface area contributed by atoms with E-state index in [2.05, 4.69) is 6.92 Å². The van der Waals surface area contributed by atoms with Gasteiger partial charge in [-0.3, -0.25) is 0 Å². The fraction of sp³-hybridized carbons (Fsp3) is 0.500. The Bertz CT molecular complexity index is 339. The summed E-state index contributed by atoms with van der Waals surface area (Å²) in [7, 11) is 1.65. The lowest BCUT2D eigenvalue weighted by Crippen LogP contribution is -2.06. The van der Waals surface area contributed by atoms with E-state index in [0.717, 1.165) is 22.8 Å². The summed E-state index contributed by atoms with van der Waals surface area (Å²) in [5.74, 6) is 1.23. The Labute approximate surface area is 96.4 Å². The molecule has 0 radical (unpaired) electrons. The summed E-state index contributed by atoms with van der Waals surface area (Å²) in [6.45, 7) is 4.88. The zero-order chi connectivity index (χ0) is 11.4. The number of halogens is 1. The molecule has 0 bridgehead atoms. The van der Waals surface area contributed by atoms with E-state index >= 15 is 0 Å². The zero-order valence-corrected chi connectivity index (χ0v) is 10.3. The smallest absolute Gasteiger partial charge is 0.120 e. The molecule has 0 aromatic heterocycles. The third-order valence-corrected chi connectivity index (χ3v) is 3.12. The van der Waals surface area contributed by atoms with Crippen LogP contribution in [0, 0.1) is 6.92 Å². The van der Waals surface area contributed by atoms with E-state index in [1.165, 1.54) is 5.56 Å². The number of rotatable bonds is 4. The molecule has 1 unspecified atom stereocenters. The van der Waals surface area contributed by atoms with Gasteiger partial charge in [-0.05, 0) is 49.1 Å². The van der Waals surface area contributed by atoms with Gasteiger partial charge in [-0.15, -0.1) is 0 Å². The first kappa shape index (κ1) is 12.3. The lowest BCUT2D eigenvalue weighted by Gasteiger charge is -2.16. The number of ether oxygens (including phenoxy) is 1. The minimum atomic E-state index is 0.419. The summed E-state index contributed by atoms with van der Waals surface area (Å²) in [6, 6.07) is 3.89. The molecule has 1 aromatic carbocycles. The number of hydrogen-bond acceptors (Lipinski definition) is 2. The van der Waals surface area contributed by atoms with Crippen LogP contribution < -0.4 is 10.5 Å². The van der Waals surface area contributed by atoms with Crippen LogP contribution in [0.25, 0.3) is 0 Å². The molecule has 0 aliphatic rings. The first-order valence-corrected chi connectivity index (χ1v) is 5.52. The van der Waals surface area contributed by atoms with Crippen molar-refractivity contribution in [1.29, 1.82) is 0 Å². The molecular weight excluding hydrogens is 210 g/mol. The molecule has 84 valence electrons. The van der Waals surface area contributed by atoms with Crippen LogP contribution in [0.15, 0.2) is 12.1 Å². The van der Waals surface area contributed by atoms with Gasteiger partial charge in [0.05, 0.1) is 7.11 Å². The van der Waals surface area contributed by atoms with Crippen molar-refractivity contribution in [1.82, 2.24) is 0 Å². The average molecular weight is 228 g/mol. The number of nitrogens with two attached hydrogens (primary N) is 1. The highest BCUT2D eigenvalue weighted by molar-refractivity contribution is 6.31. The normalized spacial score (nSPS) is 12.6. The van der Waals surface area contributed by atoms with Crippen LogP contribution in [0.4, 0.5) is 0 Å². The standard InChI is InChI=1S/C12H18ClNO/c1-8(4-5-14)11-6-10(15-3)7-12(13)9(11)2/h6-8H,4-5,14H2,1-3H3. The van der Waals surface area contributed by atoms with E-state index in [-0.39, 0.29) is 0 Å². The van der Waals surface area contributed by atoms with Crippen LogP contribution >= 0.6 is 11.6 Å². The maximum absolute atomic E-state index is 6.13. The quantitative estimate of drug-likeness (QED) is 0.858. The molecule has 0 fully saturated rings. The predicted molar refractivity (Wildman–Crippen MR) is 64.8 cm³/mol. The van der Waals surface area contributed by atoms with Gasteiger partial charge in [0, 0.05) is 5.02 Å². The zero-order valence-electron chi connectivity index (χ0n) is 9.51. The lowest BCUT2D eigenvalue weighted by molar-refractivity contribution is 0.413. The molecular formula is C12H18ClNO. The van der Waals surface area contributed by atoms with Gasteiger partial charge < -0.3 is 10.5 Å². The first-order chi connectivity index (χ1) is 7.10. The molecule has 2 nitrogen and oxygen atoms in total. The highest BCUT2D eigenvalue weighted by Gasteiger charge is 2.12. The van der Waals surface area contributed by atoms with Crippen LogP contribution in [0.3, 0.4) is 0 Å². The Morgan fingerprint density at radius 3 is 2.67 bits per heavy atom. The van der Waals surface area contributed by atoms with Crippen LogP contribution in [0.5, 0.6) is 5.75 Å². The van der Waals surface area contributed by atoms with Gasteiger partial charge in [-0.25, -0.2) is 0 Å².